The Hall–Kier alpha value is -3.13. The van der Waals surface area contributed by atoms with Gasteiger partial charge in [-0.1, -0.05) is 54.2 Å². The van der Waals surface area contributed by atoms with Crippen LogP contribution in [0.5, 0.6) is 0 Å². The second-order valence-corrected chi connectivity index (χ2v) is 9.31. The minimum atomic E-state index is -0.223. The Morgan fingerprint density at radius 1 is 1.03 bits per heavy atom. The molecule has 2 aromatic carbocycles. The van der Waals surface area contributed by atoms with Crippen LogP contribution in [0.15, 0.2) is 59.8 Å². The molecule has 4 aromatic rings. The van der Waals surface area contributed by atoms with Crippen molar-refractivity contribution in [3.05, 3.63) is 66.0 Å². The van der Waals surface area contributed by atoms with Crippen molar-refractivity contribution >= 4 is 34.7 Å². The van der Waals surface area contributed by atoms with E-state index in [1.807, 2.05) is 54.0 Å². The van der Waals surface area contributed by atoms with Gasteiger partial charge in [-0.25, -0.2) is 4.98 Å². The summed E-state index contributed by atoms with van der Waals surface area (Å²) < 4.78 is 4.09. The zero-order chi connectivity index (χ0) is 22.0. The molecule has 160 valence electrons. The number of hydrogen-bond donors (Lipinski definition) is 1. The van der Waals surface area contributed by atoms with Gasteiger partial charge in [0, 0.05) is 5.54 Å². The van der Waals surface area contributed by atoms with Gasteiger partial charge < -0.3 is 9.13 Å². The number of nitrogens with zero attached hydrogens (tertiary/aromatic N) is 5. The van der Waals surface area contributed by atoms with Crippen molar-refractivity contribution in [2.45, 2.75) is 44.9 Å². The molecule has 2 heterocycles. The number of aromatic nitrogens is 5. The van der Waals surface area contributed by atoms with E-state index in [1.165, 1.54) is 11.8 Å². The van der Waals surface area contributed by atoms with E-state index in [0.29, 0.717) is 12.5 Å². The van der Waals surface area contributed by atoms with E-state index >= 15 is 0 Å². The monoisotopic (exact) mass is 434 g/mol. The predicted octanol–water partition coefficient (Wildman–Crippen LogP) is 4.47. The topological polar surface area (TPSA) is 77.6 Å². The first kappa shape index (κ1) is 21.1. The number of rotatable bonds is 6. The van der Waals surface area contributed by atoms with Crippen molar-refractivity contribution in [2.75, 3.05) is 11.1 Å². The Bertz CT molecular complexity index is 1210. The number of amides is 1. The zero-order valence-corrected chi connectivity index (χ0v) is 19.0. The molecule has 7 nitrogen and oxygen atoms in total. The molecule has 1 N–H and O–H groups in total. The summed E-state index contributed by atoms with van der Waals surface area (Å²) in [5.41, 5.74) is 2.80. The maximum absolute atomic E-state index is 12.8. The summed E-state index contributed by atoms with van der Waals surface area (Å²) in [6, 6.07) is 18.1. The second kappa shape index (κ2) is 8.55. The molecule has 0 bridgehead atoms. The first-order valence-corrected chi connectivity index (χ1v) is 11.2. The summed E-state index contributed by atoms with van der Waals surface area (Å²) in [4.78, 5) is 17.4. The first-order chi connectivity index (χ1) is 14.8. The molecule has 0 saturated carbocycles. The lowest BCUT2D eigenvalue weighted by atomic mass is 10.1. The Labute approximate surface area is 185 Å². The van der Waals surface area contributed by atoms with Crippen molar-refractivity contribution in [1.82, 2.24) is 24.3 Å². The highest BCUT2D eigenvalue weighted by atomic mass is 32.2. The lowest BCUT2D eigenvalue weighted by molar-refractivity contribution is -0.113. The van der Waals surface area contributed by atoms with Crippen LogP contribution in [0.3, 0.4) is 0 Å². The maximum Gasteiger partial charge on any atom is 0.237 e. The molecular weight excluding hydrogens is 408 g/mol. The molecule has 0 aliphatic carbocycles. The van der Waals surface area contributed by atoms with Crippen molar-refractivity contribution in [3.63, 3.8) is 0 Å². The van der Waals surface area contributed by atoms with Crippen LogP contribution in [-0.2, 0) is 16.9 Å². The van der Waals surface area contributed by atoms with Gasteiger partial charge in [0.1, 0.15) is 5.82 Å². The number of carbonyl (C=O) groups is 1. The number of hydrogen-bond acceptors (Lipinski definition) is 5. The van der Waals surface area contributed by atoms with E-state index in [-0.39, 0.29) is 17.2 Å². The molecule has 0 spiro atoms. The summed E-state index contributed by atoms with van der Waals surface area (Å²) in [7, 11) is 0. The third-order valence-corrected chi connectivity index (χ3v) is 5.87. The summed E-state index contributed by atoms with van der Waals surface area (Å²) in [5, 5.41) is 12.2. The fourth-order valence-corrected chi connectivity index (χ4v) is 4.28. The van der Waals surface area contributed by atoms with Gasteiger partial charge in [0.05, 0.1) is 23.3 Å². The zero-order valence-electron chi connectivity index (χ0n) is 18.2. The Balaban J connectivity index is 1.49. The van der Waals surface area contributed by atoms with Gasteiger partial charge in [-0.05, 0) is 45.4 Å². The quantitative estimate of drug-likeness (QED) is 0.453. The van der Waals surface area contributed by atoms with Gasteiger partial charge in [-0.3, -0.25) is 10.1 Å². The molecule has 4 rings (SSSR count). The summed E-state index contributed by atoms with van der Waals surface area (Å²) in [6.45, 7) is 8.89. The highest BCUT2D eigenvalue weighted by Gasteiger charge is 2.23. The number of para-hydroxylation sites is 2. The molecule has 0 unspecified atom stereocenters. The molecule has 0 radical (unpaired) electrons. The van der Waals surface area contributed by atoms with Crippen LogP contribution < -0.4 is 5.32 Å². The summed E-state index contributed by atoms with van der Waals surface area (Å²) in [5.74, 6) is 1.47. The number of benzene rings is 2. The summed E-state index contributed by atoms with van der Waals surface area (Å²) in [6.07, 6.45) is 0. The molecule has 0 aliphatic heterocycles. The van der Waals surface area contributed by atoms with E-state index in [0.717, 1.165) is 27.6 Å². The van der Waals surface area contributed by atoms with Crippen LogP contribution in [0.2, 0.25) is 0 Å². The standard InChI is InChI=1S/C23H26N6OS/c1-16-26-27-22(28(16)14-17-10-6-5-7-11-17)31-15-20(30)25-21-24-18-12-8-9-13-19(18)29(21)23(2,3)4/h5-13H,14-15H2,1-4H3,(H,24,25,30). The third-order valence-electron chi connectivity index (χ3n) is 4.90. The van der Waals surface area contributed by atoms with Crippen molar-refractivity contribution < 1.29 is 4.79 Å². The number of nitrogens with one attached hydrogen (secondary N) is 1. The predicted molar refractivity (Wildman–Crippen MR) is 124 cm³/mol. The van der Waals surface area contributed by atoms with Crippen LogP contribution in [0.1, 0.15) is 32.2 Å². The number of thioether (sulfide) groups is 1. The largest absolute Gasteiger partial charge is 0.305 e. The number of anilines is 1. The molecule has 2 aromatic heterocycles. The molecule has 0 fully saturated rings. The fraction of sp³-hybridized carbons (Fsp3) is 0.304. The number of imidazole rings is 1. The Morgan fingerprint density at radius 3 is 2.48 bits per heavy atom. The average Bonchev–Trinajstić information content (AvgIpc) is 3.27. The van der Waals surface area contributed by atoms with E-state index < -0.39 is 0 Å². The van der Waals surface area contributed by atoms with Crippen molar-refractivity contribution in [2.24, 2.45) is 0 Å². The first-order valence-electron chi connectivity index (χ1n) is 10.2. The number of fused-ring (bicyclic) bond motifs is 1. The molecule has 31 heavy (non-hydrogen) atoms. The van der Waals surface area contributed by atoms with Crippen LogP contribution in [0.4, 0.5) is 5.95 Å². The molecule has 1 amide bonds. The van der Waals surface area contributed by atoms with Crippen molar-refractivity contribution in [3.8, 4) is 0 Å². The second-order valence-electron chi connectivity index (χ2n) is 8.37. The van der Waals surface area contributed by atoms with Gasteiger partial charge in [0.2, 0.25) is 11.9 Å². The maximum atomic E-state index is 12.8. The van der Waals surface area contributed by atoms with Crippen LogP contribution >= 0.6 is 11.8 Å². The molecule has 0 saturated heterocycles. The van der Waals surface area contributed by atoms with Crippen LogP contribution in [0, 0.1) is 6.92 Å². The van der Waals surface area contributed by atoms with Gasteiger partial charge in [-0.2, -0.15) is 0 Å². The van der Waals surface area contributed by atoms with Gasteiger partial charge in [-0.15, -0.1) is 10.2 Å². The fourth-order valence-electron chi connectivity index (χ4n) is 3.50. The molecular formula is C23H26N6OS. The van der Waals surface area contributed by atoms with E-state index in [2.05, 4.69) is 58.0 Å². The Morgan fingerprint density at radius 2 is 1.74 bits per heavy atom. The smallest absolute Gasteiger partial charge is 0.237 e. The molecule has 0 aliphatic rings. The molecule has 0 atom stereocenters. The highest BCUT2D eigenvalue weighted by molar-refractivity contribution is 7.99. The Kier molecular flexibility index (Phi) is 5.82. The number of carbonyl (C=O) groups excluding carboxylic acids is 1. The van der Waals surface area contributed by atoms with Crippen LogP contribution in [-0.4, -0.2) is 36.0 Å². The third kappa shape index (κ3) is 4.64. The van der Waals surface area contributed by atoms with Gasteiger partial charge >= 0.3 is 0 Å². The summed E-state index contributed by atoms with van der Waals surface area (Å²) >= 11 is 1.37. The van der Waals surface area contributed by atoms with E-state index in [9.17, 15) is 4.79 Å². The lowest BCUT2D eigenvalue weighted by Gasteiger charge is -2.24. The minimum absolute atomic E-state index is 0.127. The SMILES string of the molecule is Cc1nnc(SCC(=O)Nc2nc3ccccc3n2C(C)(C)C)n1Cc1ccccc1. The van der Waals surface area contributed by atoms with E-state index in [1.54, 1.807) is 0 Å². The lowest BCUT2D eigenvalue weighted by Crippen LogP contribution is -2.26. The minimum Gasteiger partial charge on any atom is -0.305 e. The number of aryl methyl sites for hydroxylation is 1. The van der Waals surface area contributed by atoms with Gasteiger partial charge in [0.15, 0.2) is 5.16 Å². The normalized spacial score (nSPS) is 11.7. The van der Waals surface area contributed by atoms with Crippen LogP contribution in [0.25, 0.3) is 11.0 Å². The molecule has 8 heteroatoms. The van der Waals surface area contributed by atoms with Crippen molar-refractivity contribution in [1.29, 1.82) is 0 Å². The van der Waals surface area contributed by atoms with E-state index in [4.69, 9.17) is 0 Å². The van der Waals surface area contributed by atoms with Gasteiger partial charge in [0.25, 0.3) is 0 Å². The highest BCUT2D eigenvalue weighted by Crippen LogP contribution is 2.28. The average molecular weight is 435 g/mol.